The predicted octanol–water partition coefficient (Wildman–Crippen LogP) is 2.75. The van der Waals surface area contributed by atoms with Crippen molar-refractivity contribution in [2.24, 2.45) is 0 Å². The summed E-state index contributed by atoms with van der Waals surface area (Å²) < 4.78 is 39.9. The Kier molecular flexibility index (Phi) is 10.1. The molecule has 0 aliphatic carbocycles. The Bertz CT molecular complexity index is 871. The Balaban J connectivity index is 1.93. The number of aromatic nitrogens is 4. The molecule has 0 radical (unpaired) electrons. The molecule has 0 spiro atoms. The van der Waals surface area contributed by atoms with Crippen molar-refractivity contribution in [1.29, 1.82) is 0 Å². The van der Waals surface area contributed by atoms with Crippen molar-refractivity contribution in [2.45, 2.75) is 19.6 Å². The smallest absolute Gasteiger partial charge is 0.438 e. The summed E-state index contributed by atoms with van der Waals surface area (Å²) in [5, 5.41) is 0. The number of carbonyl (C=O) groups excluding carboxylic acids is 1. The highest BCUT2D eigenvalue weighted by Crippen LogP contribution is 2.48. The molecule has 168 valence electrons. The second-order valence-corrected chi connectivity index (χ2v) is 10.4. The van der Waals surface area contributed by atoms with Crippen molar-refractivity contribution in [3.8, 4) is 0 Å². The molecule has 2 aromatic rings. The Labute approximate surface area is 181 Å². The first-order chi connectivity index (χ1) is 14.4. The summed E-state index contributed by atoms with van der Waals surface area (Å²) in [7, 11) is 0.587. The molecule has 2 aromatic heterocycles. The standard InChI is InChI=1S/C15H24N5O7PS2/c1-11(6-20-8-19-12-13(16)17-7-18-14(12)20)25-10-28(22,26-4-5-30-29-3)27-9-24-15(21)23-2/h7-8,11H,4-6,9-10H2,1-3H3,(H2,16,17,18)/t11-,28?/m1/s1. The number of imidazole rings is 1. The van der Waals surface area contributed by atoms with Crippen LogP contribution in [0.3, 0.4) is 0 Å². The molecule has 0 bridgehead atoms. The molecular weight excluding hydrogens is 457 g/mol. The van der Waals surface area contributed by atoms with E-state index in [-0.39, 0.29) is 24.9 Å². The molecule has 0 aliphatic heterocycles. The largest absolute Gasteiger partial charge is 0.510 e. The van der Waals surface area contributed by atoms with E-state index >= 15 is 0 Å². The second kappa shape index (κ2) is 12.3. The van der Waals surface area contributed by atoms with Crippen molar-refractivity contribution in [3.05, 3.63) is 12.7 Å². The number of nitrogens with two attached hydrogens (primary N) is 1. The molecule has 0 fully saturated rings. The third kappa shape index (κ3) is 7.60. The lowest BCUT2D eigenvalue weighted by Gasteiger charge is -2.21. The number of carbonyl (C=O) groups is 1. The van der Waals surface area contributed by atoms with Crippen molar-refractivity contribution >= 4 is 52.3 Å². The number of rotatable bonds is 13. The number of nitrogens with zero attached hydrogens (tertiary/aromatic N) is 4. The molecule has 0 amide bonds. The molecule has 2 rings (SSSR count). The van der Waals surface area contributed by atoms with Crippen LogP contribution in [0.2, 0.25) is 0 Å². The average Bonchev–Trinajstić information content (AvgIpc) is 3.14. The van der Waals surface area contributed by atoms with Crippen LogP contribution in [0.4, 0.5) is 10.6 Å². The summed E-state index contributed by atoms with van der Waals surface area (Å²) in [6.45, 7) is 1.75. The Morgan fingerprint density at radius 1 is 1.33 bits per heavy atom. The normalized spacial score (nSPS) is 14.4. The first-order valence-corrected chi connectivity index (χ1v) is 13.1. The molecule has 30 heavy (non-hydrogen) atoms. The maximum Gasteiger partial charge on any atom is 0.510 e. The first-order valence-electron chi connectivity index (χ1n) is 8.66. The van der Waals surface area contributed by atoms with Gasteiger partial charge in [0.15, 0.2) is 11.5 Å². The van der Waals surface area contributed by atoms with Crippen LogP contribution in [0.5, 0.6) is 0 Å². The van der Waals surface area contributed by atoms with E-state index in [1.165, 1.54) is 6.33 Å². The lowest BCUT2D eigenvalue weighted by Crippen LogP contribution is -2.19. The SMILES string of the molecule is COC(=O)OCOP(=O)(CO[C@H](C)Cn1cnc2c(N)ncnc21)OCCSSC. The van der Waals surface area contributed by atoms with E-state index in [0.717, 1.165) is 7.11 Å². The van der Waals surface area contributed by atoms with E-state index in [2.05, 4.69) is 24.4 Å². The van der Waals surface area contributed by atoms with Gasteiger partial charge in [0.25, 0.3) is 0 Å². The maximum absolute atomic E-state index is 12.9. The fraction of sp³-hybridized carbons (Fsp3) is 0.600. The van der Waals surface area contributed by atoms with Crippen LogP contribution in [0.15, 0.2) is 12.7 Å². The second-order valence-electron chi connectivity index (χ2n) is 5.71. The maximum atomic E-state index is 12.9. The molecule has 0 aliphatic rings. The summed E-state index contributed by atoms with van der Waals surface area (Å²) >= 11 is 0. The number of methoxy groups -OCH3 is 1. The van der Waals surface area contributed by atoms with Crippen LogP contribution in [0, 0.1) is 0 Å². The van der Waals surface area contributed by atoms with Crippen LogP contribution < -0.4 is 5.73 Å². The highest BCUT2D eigenvalue weighted by molar-refractivity contribution is 8.76. The van der Waals surface area contributed by atoms with Gasteiger partial charge in [-0.15, -0.1) is 0 Å². The number of fused-ring (bicyclic) bond motifs is 1. The molecular formula is C15H24N5O7PS2. The number of anilines is 1. The molecule has 12 nitrogen and oxygen atoms in total. The monoisotopic (exact) mass is 481 g/mol. The van der Waals surface area contributed by atoms with E-state index in [0.29, 0.717) is 23.5 Å². The predicted molar refractivity (Wildman–Crippen MR) is 114 cm³/mol. The van der Waals surface area contributed by atoms with Gasteiger partial charge in [-0.1, -0.05) is 21.6 Å². The van der Waals surface area contributed by atoms with E-state index in [1.807, 2.05) is 6.26 Å². The number of hydrogen-bond donors (Lipinski definition) is 1. The Morgan fingerprint density at radius 2 is 2.13 bits per heavy atom. The molecule has 0 saturated carbocycles. The zero-order valence-corrected chi connectivity index (χ0v) is 19.3. The molecule has 2 N–H and O–H groups in total. The summed E-state index contributed by atoms with van der Waals surface area (Å²) in [5.74, 6) is 0.886. The van der Waals surface area contributed by atoms with Gasteiger partial charge >= 0.3 is 13.8 Å². The fourth-order valence-electron chi connectivity index (χ4n) is 2.20. The van der Waals surface area contributed by atoms with E-state index in [1.54, 1.807) is 39.4 Å². The van der Waals surface area contributed by atoms with Crippen LogP contribution in [-0.2, 0) is 34.4 Å². The van der Waals surface area contributed by atoms with Gasteiger partial charge in [-0.25, -0.2) is 19.7 Å². The van der Waals surface area contributed by atoms with Gasteiger partial charge in [-0.2, -0.15) is 0 Å². The van der Waals surface area contributed by atoms with Gasteiger partial charge in [0.05, 0.1) is 32.7 Å². The highest BCUT2D eigenvalue weighted by atomic mass is 33.1. The lowest BCUT2D eigenvalue weighted by molar-refractivity contribution is 0.00000657. The van der Waals surface area contributed by atoms with E-state index < -0.39 is 20.5 Å². The number of hydrogen-bond acceptors (Lipinski definition) is 13. The van der Waals surface area contributed by atoms with Crippen molar-refractivity contribution in [3.63, 3.8) is 0 Å². The minimum atomic E-state index is -3.67. The van der Waals surface area contributed by atoms with Crippen molar-refractivity contribution in [1.82, 2.24) is 19.5 Å². The topological polar surface area (TPSA) is 150 Å². The highest BCUT2D eigenvalue weighted by Gasteiger charge is 2.27. The molecule has 15 heteroatoms. The molecule has 0 aromatic carbocycles. The van der Waals surface area contributed by atoms with E-state index in [9.17, 15) is 9.36 Å². The third-order valence-electron chi connectivity index (χ3n) is 3.57. The first kappa shape index (κ1) is 24.7. The Morgan fingerprint density at radius 3 is 2.87 bits per heavy atom. The van der Waals surface area contributed by atoms with Gasteiger partial charge < -0.3 is 29.0 Å². The van der Waals surface area contributed by atoms with Gasteiger partial charge in [-0.05, 0) is 13.2 Å². The summed E-state index contributed by atoms with van der Waals surface area (Å²) in [4.78, 5) is 23.3. The number of nitrogen functional groups attached to an aromatic ring is 1. The minimum absolute atomic E-state index is 0.182. The van der Waals surface area contributed by atoms with Crippen LogP contribution in [0.25, 0.3) is 11.2 Å². The molecule has 1 unspecified atom stereocenters. The zero-order valence-electron chi connectivity index (χ0n) is 16.8. The van der Waals surface area contributed by atoms with Gasteiger partial charge in [0.1, 0.15) is 18.2 Å². The quantitative estimate of drug-likeness (QED) is 0.147. The van der Waals surface area contributed by atoms with Gasteiger partial charge in [-0.3, -0.25) is 9.09 Å². The molecule has 2 atom stereocenters. The van der Waals surface area contributed by atoms with Gasteiger partial charge in [0, 0.05) is 5.75 Å². The molecule has 2 heterocycles. The number of ether oxygens (including phenoxy) is 3. The summed E-state index contributed by atoms with van der Waals surface area (Å²) in [6.07, 6.45) is 3.18. The van der Waals surface area contributed by atoms with Crippen LogP contribution in [-0.4, -0.2) is 70.6 Å². The summed E-state index contributed by atoms with van der Waals surface area (Å²) in [6, 6.07) is 0. The van der Waals surface area contributed by atoms with Gasteiger partial charge in [0.2, 0.25) is 6.79 Å². The lowest BCUT2D eigenvalue weighted by atomic mass is 10.4. The van der Waals surface area contributed by atoms with Crippen LogP contribution >= 0.6 is 29.2 Å². The minimum Gasteiger partial charge on any atom is -0.438 e. The van der Waals surface area contributed by atoms with Crippen molar-refractivity contribution in [2.75, 3.05) is 44.6 Å². The fourth-order valence-corrected chi connectivity index (χ4v) is 4.59. The van der Waals surface area contributed by atoms with Crippen LogP contribution in [0.1, 0.15) is 6.92 Å². The zero-order chi connectivity index (χ0) is 22.0. The third-order valence-corrected chi connectivity index (χ3v) is 6.88. The van der Waals surface area contributed by atoms with E-state index in [4.69, 9.17) is 19.5 Å². The van der Waals surface area contributed by atoms with Crippen molar-refractivity contribution < 1.29 is 32.6 Å². The summed E-state index contributed by atoms with van der Waals surface area (Å²) in [5.41, 5.74) is 6.84. The molecule has 0 saturated heterocycles. The Hall–Kier alpha value is -1.57. The average molecular weight is 481 g/mol.